The summed E-state index contributed by atoms with van der Waals surface area (Å²) in [5, 5.41) is 0. The molecule has 0 spiro atoms. The number of methoxy groups -OCH3 is 1. The first-order valence-corrected chi connectivity index (χ1v) is 6.55. The minimum absolute atomic E-state index is 0.789. The van der Waals surface area contributed by atoms with Crippen LogP contribution in [0, 0.1) is 12.8 Å². The molecule has 1 aliphatic rings. The maximum atomic E-state index is 5.18. The molecule has 0 amide bonds. The summed E-state index contributed by atoms with van der Waals surface area (Å²) in [4.78, 5) is 2.40. The van der Waals surface area contributed by atoms with Crippen LogP contribution >= 0.6 is 0 Å². The highest BCUT2D eigenvalue weighted by Crippen LogP contribution is 2.22. The quantitative estimate of drug-likeness (QED) is 0.793. The standard InChI is InChI=1S/C15H23NO/c1-13-5-3-4-6-15(13)11-14-7-9-16(10-8-14)12-17-2/h3-6,14H,7-12H2,1-2H3. The molecule has 17 heavy (non-hydrogen) atoms. The van der Waals surface area contributed by atoms with Gasteiger partial charge in [-0.2, -0.15) is 0 Å². The van der Waals surface area contributed by atoms with Crippen LogP contribution in [0.2, 0.25) is 0 Å². The van der Waals surface area contributed by atoms with Crippen molar-refractivity contribution in [2.45, 2.75) is 26.2 Å². The third-order valence-corrected chi connectivity index (χ3v) is 3.79. The average Bonchev–Trinajstić information content (AvgIpc) is 2.35. The van der Waals surface area contributed by atoms with Crippen LogP contribution in [0.15, 0.2) is 24.3 Å². The minimum Gasteiger partial charge on any atom is -0.369 e. The Bertz CT molecular complexity index is 343. The van der Waals surface area contributed by atoms with Crippen LogP contribution in [-0.2, 0) is 11.2 Å². The molecule has 0 bridgehead atoms. The van der Waals surface area contributed by atoms with E-state index in [1.807, 2.05) is 0 Å². The van der Waals surface area contributed by atoms with Crippen LogP contribution in [-0.4, -0.2) is 31.8 Å². The average molecular weight is 233 g/mol. The maximum Gasteiger partial charge on any atom is 0.0986 e. The van der Waals surface area contributed by atoms with Crippen molar-refractivity contribution in [1.29, 1.82) is 0 Å². The Kier molecular flexibility index (Phi) is 4.57. The van der Waals surface area contributed by atoms with Crippen molar-refractivity contribution in [1.82, 2.24) is 4.90 Å². The van der Waals surface area contributed by atoms with Gasteiger partial charge in [0, 0.05) is 20.2 Å². The lowest BCUT2D eigenvalue weighted by molar-refractivity contribution is 0.0395. The first-order valence-electron chi connectivity index (χ1n) is 6.55. The highest BCUT2D eigenvalue weighted by molar-refractivity contribution is 5.25. The summed E-state index contributed by atoms with van der Waals surface area (Å²) >= 11 is 0. The molecule has 1 aromatic rings. The number of likely N-dealkylation sites (tertiary alicyclic amines) is 1. The van der Waals surface area contributed by atoms with Crippen LogP contribution in [0.3, 0.4) is 0 Å². The highest BCUT2D eigenvalue weighted by Gasteiger charge is 2.19. The second-order valence-electron chi connectivity index (χ2n) is 5.11. The van der Waals surface area contributed by atoms with Gasteiger partial charge in [0.15, 0.2) is 0 Å². The van der Waals surface area contributed by atoms with Crippen molar-refractivity contribution in [2.24, 2.45) is 5.92 Å². The van der Waals surface area contributed by atoms with E-state index in [1.165, 1.54) is 43.5 Å². The zero-order valence-corrected chi connectivity index (χ0v) is 11.0. The predicted molar refractivity (Wildman–Crippen MR) is 71.1 cm³/mol. The fraction of sp³-hybridized carbons (Fsp3) is 0.600. The van der Waals surface area contributed by atoms with Gasteiger partial charge in [0.25, 0.3) is 0 Å². The van der Waals surface area contributed by atoms with Crippen LogP contribution in [0.5, 0.6) is 0 Å². The van der Waals surface area contributed by atoms with E-state index in [0.29, 0.717) is 0 Å². The fourth-order valence-electron chi connectivity index (χ4n) is 2.65. The molecular weight excluding hydrogens is 210 g/mol. The molecule has 1 saturated heterocycles. The number of ether oxygens (including phenoxy) is 1. The van der Waals surface area contributed by atoms with Gasteiger partial charge >= 0.3 is 0 Å². The van der Waals surface area contributed by atoms with Gasteiger partial charge in [-0.25, -0.2) is 0 Å². The number of nitrogens with zero attached hydrogens (tertiary/aromatic N) is 1. The first kappa shape index (κ1) is 12.6. The third-order valence-electron chi connectivity index (χ3n) is 3.79. The molecule has 0 unspecified atom stereocenters. The molecule has 0 aliphatic carbocycles. The number of hydrogen-bond acceptors (Lipinski definition) is 2. The first-order chi connectivity index (χ1) is 8.29. The second kappa shape index (κ2) is 6.18. The van der Waals surface area contributed by atoms with Crippen LogP contribution in [0.25, 0.3) is 0 Å². The van der Waals surface area contributed by atoms with Crippen molar-refractivity contribution in [2.75, 3.05) is 26.9 Å². The monoisotopic (exact) mass is 233 g/mol. The number of piperidine rings is 1. The molecule has 1 aliphatic heterocycles. The minimum atomic E-state index is 0.789. The van der Waals surface area contributed by atoms with Gasteiger partial charge in [-0.05, 0) is 43.2 Å². The molecule has 2 rings (SSSR count). The van der Waals surface area contributed by atoms with E-state index in [-0.39, 0.29) is 0 Å². The number of benzene rings is 1. The lowest BCUT2D eigenvalue weighted by Gasteiger charge is -2.31. The summed E-state index contributed by atoms with van der Waals surface area (Å²) < 4.78 is 5.18. The zero-order chi connectivity index (χ0) is 12.1. The summed E-state index contributed by atoms with van der Waals surface area (Å²) in [6, 6.07) is 8.77. The van der Waals surface area contributed by atoms with Crippen molar-refractivity contribution >= 4 is 0 Å². The smallest absolute Gasteiger partial charge is 0.0986 e. The lowest BCUT2D eigenvalue weighted by atomic mass is 9.89. The van der Waals surface area contributed by atoms with E-state index >= 15 is 0 Å². The largest absolute Gasteiger partial charge is 0.369 e. The van der Waals surface area contributed by atoms with E-state index in [4.69, 9.17) is 4.74 Å². The molecule has 0 atom stereocenters. The Morgan fingerprint density at radius 2 is 1.94 bits per heavy atom. The third kappa shape index (κ3) is 3.55. The summed E-state index contributed by atoms with van der Waals surface area (Å²) in [6.45, 7) is 5.38. The fourth-order valence-corrected chi connectivity index (χ4v) is 2.65. The summed E-state index contributed by atoms with van der Waals surface area (Å²) in [5.41, 5.74) is 2.96. The van der Waals surface area contributed by atoms with E-state index in [1.54, 1.807) is 7.11 Å². The van der Waals surface area contributed by atoms with Gasteiger partial charge in [-0.1, -0.05) is 24.3 Å². The molecule has 2 nitrogen and oxygen atoms in total. The van der Waals surface area contributed by atoms with E-state index in [2.05, 4.69) is 36.1 Å². The van der Waals surface area contributed by atoms with E-state index < -0.39 is 0 Å². The Morgan fingerprint density at radius 3 is 2.59 bits per heavy atom. The Morgan fingerprint density at radius 1 is 1.24 bits per heavy atom. The highest BCUT2D eigenvalue weighted by atomic mass is 16.5. The van der Waals surface area contributed by atoms with Gasteiger partial charge in [0.05, 0.1) is 6.73 Å². The molecule has 1 aromatic carbocycles. The zero-order valence-electron chi connectivity index (χ0n) is 11.0. The van der Waals surface area contributed by atoms with Crippen LogP contribution in [0.1, 0.15) is 24.0 Å². The maximum absolute atomic E-state index is 5.18. The molecular formula is C15H23NO. The van der Waals surface area contributed by atoms with Gasteiger partial charge in [-0.3, -0.25) is 4.90 Å². The van der Waals surface area contributed by atoms with Crippen molar-refractivity contribution in [3.8, 4) is 0 Å². The van der Waals surface area contributed by atoms with Crippen LogP contribution in [0.4, 0.5) is 0 Å². The number of hydrogen-bond donors (Lipinski definition) is 0. The summed E-state index contributed by atoms with van der Waals surface area (Å²) in [6.07, 6.45) is 3.85. The van der Waals surface area contributed by atoms with Gasteiger partial charge in [0.1, 0.15) is 0 Å². The second-order valence-corrected chi connectivity index (χ2v) is 5.11. The van der Waals surface area contributed by atoms with Crippen molar-refractivity contribution in [3.63, 3.8) is 0 Å². The van der Waals surface area contributed by atoms with Crippen molar-refractivity contribution < 1.29 is 4.74 Å². The molecule has 0 aromatic heterocycles. The molecule has 94 valence electrons. The SMILES string of the molecule is COCN1CCC(Cc2ccccc2C)CC1. The molecule has 1 heterocycles. The topological polar surface area (TPSA) is 12.5 Å². The van der Waals surface area contributed by atoms with E-state index in [9.17, 15) is 0 Å². The normalized spacial score (nSPS) is 18.5. The number of rotatable bonds is 4. The van der Waals surface area contributed by atoms with Gasteiger partial charge < -0.3 is 4.74 Å². The molecule has 2 heteroatoms. The summed E-state index contributed by atoms with van der Waals surface area (Å²) in [5.74, 6) is 0.851. The summed E-state index contributed by atoms with van der Waals surface area (Å²) in [7, 11) is 1.78. The molecule has 1 fully saturated rings. The van der Waals surface area contributed by atoms with Crippen LogP contribution < -0.4 is 0 Å². The van der Waals surface area contributed by atoms with Gasteiger partial charge in [-0.15, -0.1) is 0 Å². The Balaban J connectivity index is 1.84. The Hall–Kier alpha value is -0.860. The van der Waals surface area contributed by atoms with Crippen molar-refractivity contribution in [3.05, 3.63) is 35.4 Å². The molecule has 0 radical (unpaired) electrons. The molecule has 0 saturated carbocycles. The number of aryl methyl sites for hydroxylation is 1. The predicted octanol–water partition coefficient (Wildman–Crippen LogP) is 2.85. The van der Waals surface area contributed by atoms with E-state index in [0.717, 1.165) is 12.6 Å². The Labute approximate surface area is 105 Å². The lowest BCUT2D eigenvalue weighted by Crippen LogP contribution is -2.35. The van der Waals surface area contributed by atoms with Gasteiger partial charge in [0.2, 0.25) is 0 Å². The molecule has 0 N–H and O–H groups in total.